The molecule has 0 aliphatic carbocycles. The van der Waals surface area contributed by atoms with Crippen LogP contribution < -0.4 is 10.0 Å². The number of carbonyl (C=O) groups excluding carboxylic acids is 1. The van der Waals surface area contributed by atoms with Crippen LogP contribution >= 0.6 is 11.8 Å². The number of halogens is 1. The van der Waals surface area contributed by atoms with Crippen molar-refractivity contribution >= 4 is 27.7 Å². The zero-order valence-corrected chi connectivity index (χ0v) is 16.2. The third kappa shape index (κ3) is 5.82. The van der Waals surface area contributed by atoms with Gasteiger partial charge in [-0.3, -0.25) is 4.79 Å². The van der Waals surface area contributed by atoms with E-state index in [2.05, 4.69) is 10.0 Å². The summed E-state index contributed by atoms with van der Waals surface area (Å²) in [7, 11) is -3.74. The van der Waals surface area contributed by atoms with Gasteiger partial charge in [-0.2, -0.15) is 11.8 Å². The van der Waals surface area contributed by atoms with Crippen LogP contribution in [-0.4, -0.2) is 25.8 Å². The number of sulfonamides is 1. The van der Waals surface area contributed by atoms with Gasteiger partial charge in [0.05, 0.1) is 10.1 Å². The van der Waals surface area contributed by atoms with Crippen LogP contribution in [0.15, 0.2) is 53.4 Å². The lowest BCUT2D eigenvalue weighted by molar-refractivity contribution is -0.120. The van der Waals surface area contributed by atoms with E-state index in [0.29, 0.717) is 11.1 Å². The van der Waals surface area contributed by atoms with E-state index in [9.17, 15) is 17.6 Å². The molecule has 2 rings (SSSR count). The fraction of sp³-hybridized carbons (Fsp3) is 0.278. The Hall–Kier alpha value is -1.90. The first-order valence-corrected chi connectivity index (χ1v) is 10.7. The van der Waals surface area contributed by atoms with E-state index in [1.54, 1.807) is 25.1 Å². The van der Waals surface area contributed by atoms with Crippen molar-refractivity contribution in [3.8, 4) is 0 Å². The van der Waals surface area contributed by atoms with Crippen molar-refractivity contribution in [1.82, 2.24) is 10.0 Å². The molecule has 0 aliphatic heterocycles. The van der Waals surface area contributed by atoms with Crippen LogP contribution in [-0.2, 0) is 27.9 Å². The number of nitrogens with one attached hydrogen (secondary N) is 2. The quantitative estimate of drug-likeness (QED) is 0.719. The molecule has 8 heteroatoms. The smallest absolute Gasteiger partial charge is 0.240 e. The first-order valence-electron chi connectivity index (χ1n) is 7.95. The fourth-order valence-corrected chi connectivity index (χ4v) is 3.56. The number of hydrogen-bond acceptors (Lipinski definition) is 4. The molecule has 0 fully saturated rings. The Kier molecular flexibility index (Phi) is 7.19. The van der Waals surface area contributed by atoms with Crippen LogP contribution in [0.25, 0.3) is 0 Å². The third-order valence-corrected chi connectivity index (χ3v) is 6.07. The Balaban J connectivity index is 2.04. The number of benzene rings is 2. The maximum absolute atomic E-state index is 13.2. The highest BCUT2D eigenvalue weighted by Gasteiger charge is 2.15. The Bertz CT molecular complexity index is 872. The average molecular weight is 397 g/mol. The van der Waals surface area contributed by atoms with E-state index in [1.807, 2.05) is 6.26 Å². The summed E-state index contributed by atoms with van der Waals surface area (Å²) in [6.07, 6.45) is 1.85. The standard InChI is InChI=1S/C18H21FN2O3S2/c1-13(25-2)18(22)20-11-15-6-4-8-17(10-15)26(23,24)21-12-14-5-3-7-16(19)9-14/h3-10,13,21H,11-12H2,1-2H3,(H,20,22). The summed E-state index contributed by atoms with van der Waals surface area (Å²) in [4.78, 5) is 11.9. The summed E-state index contributed by atoms with van der Waals surface area (Å²) < 4.78 is 40.5. The third-order valence-electron chi connectivity index (χ3n) is 3.75. The first kappa shape index (κ1) is 20.4. The molecule has 0 bridgehead atoms. The van der Waals surface area contributed by atoms with Crippen LogP contribution in [0.5, 0.6) is 0 Å². The topological polar surface area (TPSA) is 75.3 Å². The molecular weight excluding hydrogens is 375 g/mol. The Labute approximate surface area is 157 Å². The van der Waals surface area contributed by atoms with Crippen LogP contribution in [0.4, 0.5) is 4.39 Å². The Morgan fingerprint density at radius 2 is 1.77 bits per heavy atom. The van der Waals surface area contributed by atoms with E-state index in [0.717, 1.165) is 0 Å². The Morgan fingerprint density at radius 3 is 2.42 bits per heavy atom. The summed E-state index contributed by atoms with van der Waals surface area (Å²) in [6.45, 7) is 2.04. The molecule has 0 aromatic heterocycles. The minimum atomic E-state index is -3.74. The van der Waals surface area contributed by atoms with E-state index in [1.165, 1.54) is 42.1 Å². The van der Waals surface area contributed by atoms with Crippen LogP contribution in [0.1, 0.15) is 18.1 Å². The number of thioether (sulfide) groups is 1. The predicted molar refractivity (Wildman–Crippen MR) is 102 cm³/mol. The van der Waals surface area contributed by atoms with Crippen molar-refractivity contribution in [2.24, 2.45) is 0 Å². The van der Waals surface area contributed by atoms with E-state index < -0.39 is 15.8 Å². The Morgan fingerprint density at radius 1 is 1.12 bits per heavy atom. The van der Waals surface area contributed by atoms with Gasteiger partial charge < -0.3 is 5.32 Å². The molecule has 26 heavy (non-hydrogen) atoms. The number of amides is 1. The number of hydrogen-bond donors (Lipinski definition) is 2. The maximum Gasteiger partial charge on any atom is 0.240 e. The summed E-state index contributed by atoms with van der Waals surface area (Å²) >= 11 is 1.44. The fourth-order valence-electron chi connectivity index (χ4n) is 2.17. The monoisotopic (exact) mass is 396 g/mol. The molecule has 2 aromatic carbocycles. The van der Waals surface area contributed by atoms with Crippen LogP contribution in [0.2, 0.25) is 0 Å². The molecule has 1 unspecified atom stereocenters. The van der Waals surface area contributed by atoms with Crippen molar-refractivity contribution < 1.29 is 17.6 Å². The lowest BCUT2D eigenvalue weighted by Gasteiger charge is -2.11. The second-order valence-corrected chi connectivity index (χ2v) is 8.64. The summed E-state index contributed by atoms with van der Waals surface area (Å²) in [5, 5.41) is 2.60. The minimum absolute atomic E-state index is 0.00764. The van der Waals surface area contributed by atoms with Crippen molar-refractivity contribution in [2.45, 2.75) is 30.2 Å². The zero-order chi connectivity index (χ0) is 19.2. The highest BCUT2D eigenvalue weighted by atomic mass is 32.2. The summed E-state index contributed by atoms with van der Waals surface area (Å²) in [5.74, 6) is -0.520. The van der Waals surface area contributed by atoms with Crippen LogP contribution in [0, 0.1) is 5.82 Å². The number of carbonyl (C=O) groups is 1. The first-order chi connectivity index (χ1) is 12.3. The van der Waals surface area contributed by atoms with Gasteiger partial charge in [0.2, 0.25) is 15.9 Å². The van der Waals surface area contributed by atoms with Gasteiger partial charge in [0.1, 0.15) is 5.82 Å². The van der Waals surface area contributed by atoms with E-state index in [4.69, 9.17) is 0 Å². The summed E-state index contributed by atoms with van der Waals surface area (Å²) in [6, 6.07) is 12.1. The van der Waals surface area contributed by atoms with Gasteiger partial charge >= 0.3 is 0 Å². The van der Waals surface area contributed by atoms with Gasteiger partial charge in [0.25, 0.3) is 0 Å². The van der Waals surface area contributed by atoms with Crippen LogP contribution in [0.3, 0.4) is 0 Å². The molecule has 1 amide bonds. The minimum Gasteiger partial charge on any atom is -0.351 e. The molecule has 2 N–H and O–H groups in total. The second-order valence-electron chi connectivity index (χ2n) is 5.70. The van der Waals surface area contributed by atoms with Gasteiger partial charge in [-0.05, 0) is 48.6 Å². The van der Waals surface area contributed by atoms with Crippen molar-refractivity contribution in [2.75, 3.05) is 6.26 Å². The van der Waals surface area contributed by atoms with Crippen molar-refractivity contribution in [1.29, 1.82) is 0 Å². The molecule has 0 saturated heterocycles. The second kappa shape index (κ2) is 9.16. The molecule has 1 atom stereocenters. The maximum atomic E-state index is 13.2. The molecule has 0 radical (unpaired) electrons. The lowest BCUT2D eigenvalue weighted by Crippen LogP contribution is -2.30. The van der Waals surface area contributed by atoms with Gasteiger partial charge in [-0.25, -0.2) is 17.5 Å². The largest absolute Gasteiger partial charge is 0.351 e. The molecule has 2 aromatic rings. The zero-order valence-electron chi connectivity index (χ0n) is 14.5. The van der Waals surface area contributed by atoms with Gasteiger partial charge in [-0.15, -0.1) is 0 Å². The molecule has 0 spiro atoms. The highest BCUT2D eigenvalue weighted by molar-refractivity contribution is 7.99. The van der Waals surface area contributed by atoms with Crippen molar-refractivity contribution in [3.05, 3.63) is 65.5 Å². The van der Waals surface area contributed by atoms with Gasteiger partial charge in [0.15, 0.2) is 0 Å². The normalized spacial score (nSPS) is 12.6. The predicted octanol–water partition coefficient (Wildman–Crippen LogP) is 2.67. The molecule has 5 nitrogen and oxygen atoms in total. The molecule has 0 saturated carbocycles. The summed E-state index contributed by atoms with van der Waals surface area (Å²) in [5.41, 5.74) is 1.21. The number of rotatable bonds is 8. The van der Waals surface area contributed by atoms with E-state index >= 15 is 0 Å². The SMILES string of the molecule is CSC(C)C(=O)NCc1cccc(S(=O)(=O)NCc2cccc(F)c2)c1. The molecular formula is C18H21FN2O3S2. The van der Waals surface area contributed by atoms with Gasteiger partial charge in [-0.1, -0.05) is 24.3 Å². The molecule has 0 aliphatic rings. The lowest BCUT2D eigenvalue weighted by atomic mass is 10.2. The van der Waals surface area contributed by atoms with Gasteiger partial charge in [0, 0.05) is 13.1 Å². The highest BCUT2D eigenvalue weighted by Crippen LogP contribution is 2.13. The van der Waals surface area contributed by atoms with E-state index in [-0.39, 0.29) is 29.1 Å². The van der Waals surface area contributed by atoms with Crippen molar-refractivity contribution in [3.63, 3.8) is 0 Å². The average Bonchev–Trinajstić information content (AvgIpc) is 2.64. The molecule has 0 heterocycles. The molecule has 140 valence electrons.